The molecule has 2 unspecified atom stereocenters. The number of thiocarbonyl (C=S) groups is 1. The molecule has 2 aliphatic heterocycles. The average Bonchev–Trinajstić information content (AvgIpc) is 2.68. The van der Waals surface area contributed by atoms with E-state index in [2.05, 4.69) is 26.9 Å². The van der Waals surface area contributed by atoms with Crippen molar-refractivity contribution in [2.24, 2.45) is 5.73 Å². The number of ether oxygens (including phenoxy) is 1. The summed E-state index contributed by atoms with van der Waals surface area (Å²) in [6.07, 6.45) is 3.07. The fourth-order valence-corrected chi connectivity index (χ4v) is 3.32. The molecule has 2 N–H and O–H groups in total. The Morgan fingerprint density at radius 1 is 1.33 bits per heavy atom. The van der Waals surface area contributed by atoms with Crippen molar-refractivity contribution in [2.75, 3.05) is 18.0 Å². The average molecular weight is 327 g/mol. The van der Waals surface area contributed by atoms with E-state index in [1.165, 1.54) is 12.8 Å². The first-order valence-electron chi connectivity index (χ1n) is 6.13. The van der Waals surface area contributed by atoms with Gasteiger partial charge in [-0.3, -0.25) is 0 Å². The fraction of sp³-hybridized carbons (Fsp3) is 0.462. The second-order valence-electron chi connectivity index (χ2n) is 4.89. The van der Waals surface area contributed by atoms with Crippen LogP contribution in [0.3, 0.4) is 0 Å². The lowest BCUT2D eigenvalue weighted by atomic mass is 10.1. The van der Waals surface area contributed by atoms with Gasteiger partial charge in [0.15, 0.2) is 0 Å². The number of halogens is 1. The first-order valence-corrected chi connectivity index (χ1v) is 7.33. The van der Waals surface area contributed by atoms with Gasteiger partial charge < -0.3 is 15.4 Å². The van der Waals surface area contributed by atoms with E-state index in [9.17, 15) is 0 Å². The normalized spacial score (nSPS) is 26.4. The molecule has 18 heavy (non-hydrogen) atoms. The number of benzene rings is 1. The molecular weight excluding hydrogens is 312 g/mol. The summed E-state index contributed by atoms with van der Waals surface area (Å²) in [6, 6.07) is 6.12. The summed E-state index contributed by atoms with van der Waals surface area (Å²) in [5.41, 5.74) is 7.90. The van der Waals surface area contributed by atoms with E-state index in [1.54, 1.807) is 0 Å². The molecule has 0 aliphatic carbocycles. The third-order valence-corrected chi connectivity index (χ3v) is 4.32. The van der Waals surface area contributed by atoms with Crippen LogP contribution >= 0.6 is 28.1 Å². The van der Waals surface area contributed by atoms with Crippen molar-refractivity contribution in [1.29, 1.82) is 0 Å². The summed E-state index contributed by atoms with van der Waals surface area (Å²) in [4.78, 5) is 2.80. The third kappa shape index (κ3) is 2.27. The lowest BCUT2D eigenvalue weighted by Gasteiger charge is -2.35. The Kier molecular flexibility index (Phi) is 3.30. The summed E-state index contributed by atoms with van der Waals surface area (Å²) >= 11 is 8.62. The van der Waals surface area contributed by atoms with Gasteiger partial charge in [-0.15, -0.1) is 0 Å². The minimum atomic E-state index is 0.367. The van der Waals surface area contributed by atoms with Crippen LogP contribution in [0, 0.1) is 0 Å². The molecule has 2 aliphatic rings. The van der Waals surface area contributed by atoms with E-state index in [0.29, 0.717) is 17.2 Å². The predicted molar refractivity (Wildman–Crippen MR) is 80.1 cm³/mol. The van der Waals surface area contributed by atoms with Crippen LogP contribution in [0.15, 0.2) is 22.7 Å². The van der Waals surface area contributed by atoms with Crippen LogP contribution in [-0.2, 0) is 4.74 Å². The predicted octanol–water partition coefficient (Wildman–Crippen LogP) is 2.45. The molecule has 2 heterocycles. The van der Waals surface area contributed by atoms with Gasteiger partial charge in [-0.1, -0.05) is 28.1 Å². The van der Waals surface area contributed by atoms with Gasteiger partial charge in [0.2, 0.25) is 0 Å². The van der Waals surface area contributed by atoms with Crippen molar-refractivity contribution in [3.63, 3.8) is 0 Å². The monoisotopic (exact) mass is 326 g/mol. The fourth-order valence-electron chi connectivity index (χ4n) is 2.79. The van der Waals surface area contributed by atoms with Crippen LogP contribution in [0.4, 0.5) is 5.69 Å². The summed E-state index contributed by atoms with van der Waals surface area (Å²) in [6.45, 7) is 1.88. The summed E-state index contributed by atoms with van der Waals surface area (Å²) in [7, 11) is 0. The van der Waals surface area contributed by atoms with E-state index in [-0.39, 0.29) is 0 Å². The van der Waals surface area contributed by atoms with E-state index in [1.807, 2.05) is 12.1 Å². The second-order valence-corrected chi connectivity index (χ2v) is 6.24. The zero-order valence-corrected chi connectivity index (χ0v) is 12.3. The molecule has 3 rings (SSSR count). The van der Waals surface area contributed by atoms with Crippen LogP contribution in [-0.4, -0.2) is 30.3 Å². The van der Waals surface area contributed by atoms with Gasteiger partial charge in [0.25, 0.3) is 0 Å². The van der Waals surface area contributed by atoms with Crippen molar-refractivity contribution < 1.29 is 4.74 Å². The third-order valence-electron chi connectivity index (χ3n) is 3.61. The highest BCUT2D eigenvalue weighted by molar-refractivity contribution is 9.10. The summed E-state index contributed by atoms with van der Waals surface area (Å²) < 4.78 is 6.86. The Morgan fingerprint density at radius 3 is 2.61 bits per heavy atom. The zero-order chi connectivity index (χ0) is 12.7. The van der Waals surface area contributed by atoms with Crippen LogP contribution < -0.4 is 10.6 Å². The zero-order valence-electron chi connectivity index (χ0n) is 9.93. The standard InChI is InChI=1S/C13H15BrN2OS/c14-8-1-4-12(11(5-8)13(15)18)16-6-9-2-3-10(7-16)17-9/h1,4-5,9-10H,2-3,6-7H2,(H2,15,18). The Balaban J connectivity index is 1.94. The number of hydrogen-bond donors (Lipinski definition) is 1. The van der Waals surface area contributed by atoms with Crippen molar-refractivity contribution in [1.82, 2.24) is 0 Å². The van der Waals surface area contributed by atoms with Gasteiger partial charge in [0.1, 0.15) is 4.99 Å². The Bertz CT molecular complexity index is 482. The smallest absolute Gasteiger partial charge is 0.106 e. The maximum atomic E-state index is 5.86. The van der Waals surface area contributed by atoms with E-state index >= 15 is 0 Å². The molecule has 2 fully saturated rings. The molecular formula is C13H15BrN2OS. The topological polar surface area (TPSA) is 38.5 Å². The SMILES string of the molecule is NC(=S)c1cc(Br)ccc1N1CC2CCC(C1)O2. The lowest BCUT2D eigenvalue weighted by molar-refractivity contribution is 0.0305. The lowest BCUT2D eigenvalue weighted by Crippen LogP contribution is -2.43. The molecule has 0 spiro atoms. The maximum Gasteiger partial charge on any atom is 0.106 e. The molecule has 3 nitrogen and oxygen atoms in total. The largest absolute Gasteiger partial charge is 0.389 e. The van der Waals surface area contributed by atoms with Crippen molar-refractivity contribution in [3.05, 3.63) is 28.2 Å². The number of morpholine rings is 1. The van der Waals surface area contributed by atoms with Crippen molar-refractivity contribution >= 4 is 38.8 Å². The number of fused-ring (bicyclic) bond motifs is 2. The molecule has 0 amide bonds. The van der Waals surface area contributed by atoms with Gasteiger partial charge in [-0.05, 0) is 31.0 Å². The molecule has 2 bridgehead atoms. The Morgan fingerprint density at radius 2 is 2.00 bits per heavy atom. The summed E-state index contributed by atoms with van der Waals surface area (Å²) in [5, 5.41) is 0. The molecule has 2 atom stereocenters. The van der Waals surface area contributed by atoms with Gasteiger partial charge in [-0.25, -0.2) is 0 Å². The minimum absolute atomic E-state index is 0.367. The van der Waals surface area contributed by atoms with Crippen molar-refractivity contribution in [2.45, 2.75) is 25.0 Å². The molecule has 1 aromatic rings. The second kappa shape index (κ2) is 4.79. The number of nitrogens with zero attached hydrogens (tertiary/aromatic N) is 1. The van der Waals surface area contributed by atoms with Crippen LogP contribution in [0.1, 0.15) is 18.4 Å². The van der Waals surface area contributed by atoms with Gasteiger partial charge in [-0.2, -0.15) is 0 Å². The maximum absolute atomic E-state index is 5.86. The van der Waals surface area contributed by atoms with E-state index in [4.69, 9.17) is 22.7 Å². The minimum Gasteiger partial charge on any atom is -0.389 e. The van der Waals surface area contributed by atoms with Crippen molar-refractivity contribution in [3.8, 4) is 0 Å². The first kappa shape index (κ1) is 12.4. The number of rotatable bonds is 2. The summed E-state index contributed by atoms with van der Waals surface area (Å²) in [5.74, 6) is 0. The van der Waals surface area contributed by atoms with E-state index < -0.39 is 0 Å². The first-order chi connectivity index (χ1) is 8.63. The quantitative estimate of drug-likeness (QED) is 0.847. The van der Waals surface area contributed by atoms with E-state index in [0.717, 1.165) is 28.8 Å². The van der Waals surface area contributed by atoms with Gasteiger partial charge in [0, 0.05) is 28.8 Å². The molecule has 96 valence electrons. The highest BCUT2D eigenvalue weighted by Crippen LogP contribution is 2.32. The number of nitrogens with two attached hydrogens (primary N) is 1. The molecule has 0 saturated carbocycles. The Labute approximate surface area is 120 Å². The molecule has 0 aromatic heterocycles. The molecule has 0 radical (unpaired) electrons. The number of anilines is 1. The molecule has 1 aromatic carbocycles. The Hall–Kier alpha value is -0.650. The molecule has 5 heteroatoms. The van der Waals surface area contributed by atoms with Gasteiger partial charge >= 0.3 is 0 Å². The van der Waals surface area contributed by atoms with Gasteiger partial charge in [0.05, 0.1) is 12.2 Å². The highest BCUT2D eigenvalue weighted by Gasteiger charge is 2.34. The molecule has 2 saturated heterocycles. The number of hydrogen-bond acceptors (Lipinski definition) is 3. The van der Waals surface area contributed by atoms with Crippen LogP contribution in [0.25, 0.3) is 0 Å². The highest BCUT2D eigenvalue weighted by atomic mass is 79.9. The van der Waals surface area contributed by atoms with Crippen LogP contribution in [0.5, 0.6) is 0 Å². The van der Waals surface area contributed by atoms with Crippen LogP contribution in [0.2, 0.25) is 0 Å².